The molecule has 0 aliphatic heterocycles. The molecule has 3 aliphatic carbocycles. The van der Waals surface area contributed by atoms with Crippen LogP contribution in [0.5, 0.6) is 0 Å². The lowest BCUT2D eigenvalue weighted by atomic mass is 9.81. The first-order chi connectivity index (χ1) is 22.3. The summed E-state index contributed by atoms with van der Waals surface area (Å²) in [4.78, 5) is 0. The zero-order chi connectivity index (χ0) is 30.7. The molecule has 0 saturated carbocycles. The van der Waals surface area contributed by atoms with Gasteiger partial charge < -0.3 is 0 Å². The van der Waals surface area contributed by atoms with E-state index in [1.165, 1.54) is 110 Å². The summed E-state index contributed by atoms with van der Waals surface area (Å²) in [6, 6.07) is 46.8. The second-order valence-electron chi connectivity index (χ2n) is 14.9. The molecule has 0 radical (unpaired) electrons. The molecular formula is C46H32. The van der Waals surface area contributed by atoms with Crippen molar-refractivity contribution < 1.29 is 0 Å². The molecule has 46 heavy (non-hydrogen) atoms. The normalized spacial score (nSPS) is 15.7. The van der Waals surface area contributed by atoms with Crippen LogP contribution in [0.15, 0.2) is 121 Å². The van der Waals surface area contributed by atoms with Crippen molar-refractivity contribution in [1.29, 1.82) is 0 Å². The van der Waals surface area contributed by atoms with Crippen LogP contribution >= 0.6 is 0 Å². The Morgan fingerprint density at radius 2 is 0.870 bits per heavy atom. The topological polar surface area (TPSA) is 0 Å². The highest BCUT2D eigenvalue weighted by Gasteiger charge is 2.38. The van der Waals surface area contributed by atoms with Crippen molar-refractivity contribution in [3.63, 3.8) is 0 Å². The molecule has 0 nitrogen and oxygen atoms in total. The molecule has 0 amide bonds. The van der Waals surface area contributed by atoms with Crippen LogP contribution in [0.4, 0.5) is 0 Å². The highest BCUT2D eigenvalue weighted by Crippen LogP contribution is 2.58. The van der Waals surface area contributed by atoms with E-state index in [0.717, 1.165) is 0 Å². The van der Waals surface area contributed by atoms with Crippen LogP contribution in [-0.2, 0) is 10.8 Å². The van der Waals surface area contributed by atoms with Gasteiger partial charge in [0.2, 0.25) is 0 Å². The van der Waals surface area contributed by atoms with Gasteiger partial charge in [-0.3, -0.25) is 0 Å². The lowest BCUT2D eigenvalue weighted by molar-refractivity contribution is 0.660. The third-order valence-corrected chi connectivity index (χ3v) is 12.0. The molecule has 0 bridgehead atoms. The predicted octanol–water partition coefficient (Wildman–Crippen LogP) is 12.5. The van der Waals surface area contributed by atoms with Crippen molar-refractivity contribution in [2.24, 2.45) is 0 Å². The van der Waals surface area contributed by atoms with E-state index in [-0.39, 0.29) is 10.8 Å². The number of benzene rings is 8. The third kappa shape index (κ3) is 2.80. The van der Waals surface area contributed by atoms with Crippen LogP contribution < -0.4 is 0 Å². The van der Waals surface area contributed by atoms with Gasteiger partial charge in [0, 0.05) is 10.8 Å². The second-order valence-corrected chi connectivity index (χ2v) is 14.9. The van der Waals surface area contributed by atoms with E-state index in [2.05, 4.69) is 149 Å². The number of hydrogen-bond donors (Lipinski definition) is 0. The predicted molar refractivity (Wildman–Crippen MR) is 195 cm³/mol. The minimum atomic E-state index is -0.0297. The SMILES string of the molecule is CC1(C)c2ccccc2-c2ccc(-c3ccc4ccc5ccc6c7c(cc3c4c57)-c3cc4c(cc3-6)C(C)(C)c3ccccc3-4)cc21. The van der Waals surface area contributed by atoms with Crippen molar-refractivity contribution in [2.45, 2.75) is 38.5 Å². The summed E-state index contributed by atoms with van der Waals surface area (Å²) in [6.45, 7) is 9.53. The van der Waals surface area contributed by atoms with Crippen molar-refractivity contribution in [2.75, 3.05) is 0 Å². The van der Waals surface area contributed by atoms with E-state index >= 15 is 0 Å². The lowest BCUT2D eigenvalue weighted by Crippen LogP contribution is -2.14. The van der Waals surface area contributed by atoms with Crippen LogP contribution in [0.1, 0.15) is 49.9 Å². The van der Waals surface area contributed by atoms with Gasteiger partial charge in [0.05, 0.1) is 0 Å². The fraction of sp³-hybridized carbons (Fsp3) is 0.130. The first-order valence-electron chi connectivity index (χ1n) is 16.6. The fourth-order valence-corrected chi connectivity index (χ4v) is 9.66. The molecule has 0 atom stereocenters. The van der Waals surface area contributed by atoms with E-state index in [9.17, 15) is 0 Å². The Morgan fingerprint density at radius 1 is 0.326 bits per heavy atom. The van der Waals surface area contributed by atoms with E-state index in [4.69, 9.17) is 0 Å². The Morgan fingerprint density at radius 3 is 1.61 bits per heavy atom. The summed E-state index contributed by atoms with van der Waals surface area (Å²) >= 11 is 0. The van der Waals surface area contributed by atoms with Gasteiger partial charge in [-0.05, 0) is 134 Å². The zero-order valence-electron chi connectivity index (χ0n) is 26.5. The zero-order valence-corrected chi connectivity index (χ0v) is 26.5. The van der Waals surface area contributed by atoms with Crippen LogP contribution in [0, 0.1) is 0 Å². The summed E-state index contributed by atoms with van der Waals surface area (Å²) < 4.78 is 0. The summed E-state index contributed by atoms with van der Waals surface area (Å²) in [5.74, 6) is 0. The van der Waals surface area contributed by atoms with E-state index < -0.39 is 0 Å². The maximum Gasteiger partial charge on any atom is 0.0159 e. The molecule has 0 N–H and O–H groups in total. The van der Waals surface area contributed by atoms with Gasteiger partial charge >= 0.3 is 0 Å². The molecule has 0 heterocycles. The maximum absolute atomic E-state index is 2.53. The summed E-state index contributed by atoms with van der Waals surface area (Å²) in [5.41, 5.74) is 19.3. The molecule has 0 saturated heterocycles. The van der Waals surface area contributed by atoms with Gasteiger partial charge in [-0.25, -0.2) is 0 Å². The average molecular weight is 585 g/mol. The lowest BCUT2D eigenvalue weighted by Gasteiger charge is -2.22. The fourth-order valence-electron chi connectivity index (χ4n) is 9.66. The average Bonchev–Trinajstić information content (AvgIpc) is 3.61. The Bertz CT molecular complexity index is 2680. The minimum Gasteiger partial charge on any atom is -0.0619 e. The quantitative estimate of drug-likeness (QED) is 0.168. The molecule has 0 fully saturated rings. The largest absolute Gasteiger partial charge is 0.0619 e. The molecule has 0 spiro atoms. The molecule has 11 rings (SSSR count). The van der Waals surface area contributed by atoms with Crippen LogP contribution in [-0.4, -0.2) is 0 Å². The standard InChI is InChI=1S/C46H32/c1-45(2)38-11-7-5-9-29(38)31-19-17-27(21-40(31)45)28-18-15-25-13-14-26-16-20-32-34-24-41-35(30-10-6-8-12-39(30)46(41,3)4)22-33(34)37-23-36(28)42(25)43(26)44(32)37/h5-24H,1-4H3. The Labute approximate surface area is 269 Å². The van der Waals surface area contributed by atoms with Crippen molar-refractivity contribution in [1.82, 2.24) is 0 Å². The number of fused-ring (bicyclic) bond motifs is 9. The van der Waals surface area contributed by atoms with Gasteiger partial charge in [0.1, 0.15) is 0 Å². The number of rotatable bonds is 1. The minimum absolute atomic E-state index is 0.0188. The van der Waals surface area contributed by atoms with Crippen molar-refractivity contribution >= 4 is 32.3 Å². The molecule has 8 aromatic rings. The molecule has 3 aliphatic rings. The van der Waals surface area contributed by atoms with Crippen molar-refractivity contribution in [3.8, 4) is 55.6 Å². The molecular weight excluding hydrogens is 553 g/mol. The molecule has 0 heteroatoms. The van der Waals surface area contributed by atoms with Crippen LogP contribution in [0.25, 0.3) is 88.0 Å². The van der Waals surface area contributed by atoms with Crippen LogP contribution in [0.2, 0.25) is 0 Å². The second kappa shape index (κ2) is 7.95. The summed E-state index contributed by atoms with van der Waals surface area (Å²) in [7, 11) is 0. The van der Waals surface area contributed by atoms with E-state index in [0.29, 0.717) is 0 Å². The van der Waals surface area contributed by atoms with E-state index in [1.54, 1.807) is 0 Å². The number of hydrogen-bond acceptors (Lipinski definition) is 0. The maximum atomic E-state index is 2.53. The van der Waals surface area contributed by atoms with Gasteiger partial charge in [0.25, 0.3) is 0 Å². The Kier molecular flexibility index (Phi) is 4.33. The highest BCUT2D eigenvalue weighted by atomic mass is 14.4. The van der Waals surface area contributed by atoms with Crippen LogP contribution in [0.3, 0.4) is 0 Å². The van der Waals surface area contributed by atoms with E-state index in [1.807, 2.05) is 0 Å². The summed E-state index contributed by atoms with van der Waals surface area (Å²) in [5, 5.41) is 8.22. The van der Waals surface area contributed by atoms with Crippen molar-refractivity contribution in [3.05, 3.63) is 144 Å². The first-order valence-corrected chi connectivity index (χ1v) is 16.6. The molecule has 216 valence electrons. The summed E-state index contributed by atoms with van der Waals surface area (Å²) in [6.07, 6.45) is 0. The highest BCUT2D eigenvalue weighted by molar-refractivity contribution is 6.33. The van der Waals surface area contributed by atoms with Gasteiger partial charge in [0.15, 0.2) is 0 Å². The third-order valence-electron chi connectivity index (χ3n) is 12.0. The molecule has 0 unspecified atom stereocenters. The molecule has 0 aromatic heterocycles. The monoisotopic (exact) mass is 584 g/mol. The first kappa shape index (κ1) is 25.0. The van der Waals surface area contributed by atoms with Gasteiger partial charge in [-0.1, -0.05) is 125 Å². The Balaban J connectivity index is 1.21. The van der Waals surface area contributed by atoms with Gasteiger partial charge in [-0.15, -0.1) is 0 Å². The smallest absolute Gasteiger partial charge is 0.0159 e. The Hall–Kier alpha value is -5.20. The van der Waals surface area contributed by atoms with Gasteiger partial charge in [-0.2, -0.15) is 0 Å². The molecule has 8 aromatic carbocycles.